The number of nitrogens with one attached hydrogen (secondary N) is 2. The van der Waals surface area contributed by atoms with E-state index in [4.69, 9.17) is 0 Å². The third-order valence-corrected chi connectivity index (χ3v) is 4.34. The van der Waals surface area contributed by atoms with Gasteiger partial charge in [0.1, 0.15) is 0 Å². The van der Waals surface area contributed by atoms with Gasteiger partial charge in [0.15, 0.2) is 0 Å². The molecule has 1 aromatic carbocycles. The first kappa shape index (κ1) is 15.6. The third-order valence-electron chi connectivity index (χ3n) is 4.34. The highest BCUT2D eigenvalue weighted by atomic mass is 16.2. The van der Waals surface area contributed by atoms with Crippen LogP contribution in [0.2, 0.25) is 0 Å². The zero-order chi connectivity index (χ0) is 15.9. The SMILES string of the molecule is O=C(NCCc1ccc(-n2cccn2)cc1)NC1CCCCC1. The van der Waals surface area contributed by atoms with E-state index in [0.29, 0.717) is 12.6 Å². The minimum absolute atomic E-state index is 0.0370. The molecular formula is C18H24N4O. The molecule has 0 aliphatic heterocycles. The number of amides is 2. The summed E-state index contributed by atoms with van der Waals surface area (Å²) in [6, 6.07) is 10.5. The topological polar surface area (TPSA) is 59.0 Å². The summed E-state index contributed by atoms with van der Waals surface area (Å²) >= 11 is 0. The Bertz CT molecular complexity index is 600. The Morgan fingerprint density at radius 1 is 1.17 bits per heavy atom. The quantitative estimate of drug-likeness (QED) is 0.891. The summed E-state index contributed by atoms with van der Waals surface area (Å²) in [6.07, 6.45) is 10.5. The molecule has 1 fully saturated rings. The Balaban J connectivity index is 1.40. The van der Waals surface area contributed by atoms with Gasteiger partial charge in [-0.05, 0) is 43.0 Å². The molecule has 0 unspecified atom stereocenters. The zero-order valence-corrected chi connectivity index (χ0v) is 13.4. The molecule has 1 aromatic heterocycles. The van der Waals surface area contributed by atoms with Crippen molar-refractivity contribution in [1.29, 1.82) is 0 Å². The molecule has 2 amide bonds. The number of hydrogen-bond donors (Lipinski definition) is 2. The molecule has 2 N–H and O–H groups in total. The van der Waals surface area contributed by atoms with Crippen LogP contribution in [0.15, 0.2) is 42.7 Å². The summed E-state index contributed by atoms with van der Waals surface area (Å²) in [5.41, 5.74) is 2.25. The van der Waals surface area contributed by atoms with Crippen molar-refractivity contribution in [3.63, 3.8) is 0 Å². The van der Waals surface area contributed by atoms with Gasteiger partial charge >= 0.3 is 6.03 Å². The summed E-state index contributed by atoms with van der Waals surface area (Å²) in [5, 5.41) is 10.2. The Morgan fingerprint density at radius 2 is 1.96 bits per heavy atom. The molecule has 1 aliphatic carbocycles. The van der Waals surface area contributed by atoms with Crippen LogP contribution in [-0.4, -0.2) is 28.4 Å². The van der Waals surface area contributed by atoms with Crippen LogP contribution < -0.4 is 10.6 Å². The molecule has 23 heavy (non-hydrogen) atoms. The minimum Gasteiger partial charge on any atom is -0.338 e. The molecule has 1 saturated carbocycles. The van der Waals surface area contributed by atoms with Gasteiger partial charge in [0.05, 0.1) is 5.69 Å². The standard InChI is InChI=1S/C18H24N4O/c23-18(21-16-5-2-1-3-6-16)19-13-11-15-7-9-17(10-8-15)22-14-4-12-20-22/h4,7-10,12,14,16H,1-3,5-6,11,13H2,(H2,19,21,23). The van der Waals surface area contributed by atoms with Gasteiger partial charge in [0, 0.05) is 25.0 Å². The monoisotopic (exact) mass is 312 g/mol. The first-order valence-electron chi connectivity index (χ1n) is 8.44. The Morgan fingerprint density at radius 3 is 2.65 bits per heavy atom. The van der Waals surface area contributed by atoms with Gasteiger partial charge in [-0.15, -0.1) is 0 Å². The molecule has 5 heteroatoms. The van der Waals surface area contributed by atoms with Gasteiger partial charge in [0.2, 0.25) is 0 Å². The minimum atomic E-state index is -0.0370. The van der Waals surface area contributed by atoms with E-state index in [2.05, 4.69) is 27.9 Å². The van der Waals surface area contributed by atoms with Gasteiger partial charge in [-0.2, -0.15) is 5.10 Å². The number of urea groups is 1. The highest BCUT2D eigenvalue weighted by Gasteiger charge is 2.14. The van der Waals surface area contributed by atoms with E-state index in [0.717, 1.165) is 24.9 Å². The second kappa shape index (κ2) is 7.81. The van der Waals surface area contributed by atoms with Crippen LogP contribution in [0.3, 0.4) is 0 Å². The van der Waals surface area contributed by atoms with Crippen LogP contribution in [-0.2, 0) is 6.42 Å². The molecule has 1 heterocycles. The van der Waals surface area contributed by atoms with E-state index >= 15 is 0 Å². The number of nitrogens with zero attached hydrogens (tertiary/aromatic N) is 2. The maximum absolute atomic E-state index is 11.9. The molecule has 0 atom stereocenters. The van der Waals surface area contributed by atoms with Crippen LogP contribution in [0.4, 0.5) is 4.79 Å². The predicted molar refractivity (Wildman–Crippen MR) is 90.7 cm³/mol. The Kier molecular flexibility index (Phi) is 5.29. The number of aromatic nitrogens is 2. The van der Waals surface area contributed by atoms with Crippen molar-refractivity contribution in [2.45, 2.75) is 44.6 Å². The van der Waals surface area contributed by atoms with E-state index in [1.807, 2.05) is 29.1 Å². The van der Waals surface area contributed by atoms with Crippen molar-refractivity contribution in [3.8, 4) is 5.69 Å². The fourth-order valence-electron chi connectivity index (χ4n) is 3.04. The average Bonchev–Trinajstić information content (AvgIpc) is 3.11. The number of rotatable bonds is 5. The van der Waals surface area contributed by atoms with Gasteiger partial charge in [-0.1, -0.05) is 31.4 Å². The van der Waals surface area contributed by atoms with Gasteiger partial charge < -0.3 is 10.6 Å². The highest BCUT2D eigenvalue weighted by molar-refractivity contribution is 5.74. The van der Waals surface area contributed by atoms with Crippen molar-refractivity contribution in [1.82, 2.24) is 20.4 Å². The summed E-state index contributed by atoms with van der Waals surface area (Å²) in [6.45, 7) is 0.652. The van der Waals surface area contributed by atoms with Crippen molar-refractivity contribution >= 4 is 6.03 Å². The van der Waals surface area contributed by atoms with E-state index in [1.165, 1.54) is 24.8 Å². The fourth-order valence-corrected chi connectivity index (χ4v) is 3.04. The molecule has 0 spiro atoms. The maximum atomic E-state index is 11.9. The number of carbonyl (C=O) groups excluding carboxylic acids is 1. The lowest BCUT2D eigenvalue weighted by atomic mass is 9.96. The lowest BCUT2D eigenvalue weighted by Gasteiger charge is -2.22. The van der Waals surface area contributed by atoms with Gasteiger partial charge in [-0.25, -0.2) is 9.48 Å². The number of hydrogen-bond acceptors (Lipinski definition) is 2. The van der Waals surface area contributed by atoms with E-state index in [1.54, 1.807) is 6.20 Å². The molecule has 0 bridgehead atoms. The average molecular weight is 312 g/mol. The molecule has 5 nitrogen and oxygen atoms in total. The Hall–Kier alpha value is -2.30. The maximum Gasteiger partial charge on any atom is 0.315 e. The molecule has 0 radical (unpaired) electrons. The lowest BCUT2D eigenvalue weighted by molar-refractivity contribution is 0.233. The van der Waals surface area contributed by atoms with Crippen LogP contribution in [0, 0.1) is 0 Å². The first-order chi connectivity index (χ1) is 11.3. The highest BCUT2D eigenvalue weighted by Crippen LogP contribution is 2.17. The fraction of sp³-hybridized carbons (Fsp3) is 0.444. The van der Waals surface area contributed by atoms with Crippen molar-refractivity contribution < 1.29 is 4.79 Å². The number of carbonyl (C=O) groups is 1. The molecule has 0 saturated heterocycles. The summed E-state index contributed by atoms with van der Waals surface area (Å²) in [7, 11) is 0. The van der Waals surface area contributed by atoms with Crippen LogP contribution >= 0.6 is 0 Å². The Labute approximate surface area is 137 Å². The summed E-state index contributed by atoms with van der Waals surface area (Å²) in [5.74, 6) is 0. The van der Waals surface area contributed by atoms with Gasteiger partial charge in [0.25, 0.3) is 0 Å². The molecule has 1 aliphatic rings. The molecular weight excluding hydrogens is 288 g/mol. The van der Waals surface area contributed by atoms with E-state index in [-0.39, 0.29) is 6.03 Å². The van der Waals surface area contributed by atoms with Crippen LogP contribution in [0.25, 0.3) is 5.69 Å². The molecule has 2 aromatic rings. The normalized spacial score (nSPS) is 15.3. The molecule has 3 rings (SSSR count). The smallest absolute Gasteiger partial charge is 0.315 e. The van der Waals surface area contributed by atoms with Crippen LogP contribution in [0.5, 0.6) is 0 Å². The predicted octanol–water partition coefficient (Wildman–Crippen LogP) is 3.05. The van der Waals surface area contributed by atoms with Crippen molar-refractivity contribution in [3.05, 3.63) is 48.3 Å². The zero-order valence-electron chi connectivity index (χ0n) is 13.4. The van der Waals surface area contributed by atoms with E-state index in [9.17, 15) is 4.79 Å². The second-order valence-electron chi connectivity index (χ2n) is 6.10. The molecule has 122 valence electrons. The van der Waals surface area contributed by atoms with Gasteiger partial charge in [-0.3, -0.25) is 0 Å². The van der Waals surface area contributed by atoms with Crippen LogP contribution in [0.1, 0.15) is 37.7 Å². The van der Waals surface area contributed by atoms with E-state index < -0.39 is 0 Å². The summed E-state index contributed by atoms with van der Waals surface area (Å²) < 4.78 is 1.83. The third kappa shape index (κ3) is 4.58. The lowest BCUT2D eigenvalue weighted by Crippen LogP contribution is -2.43. The first-order valence-corrected chi connectivity index (χ1v) is 8.44. The van der Waals surface area contributed by atoms with Crippen molar-refractivity contribution in [2.75, 3.05) is 6.54 Å². The second-order valence-corrected chi connectivity index (χ2v) is 6.10. The summed E-state index contributed by atoms with van der Waals surface area (Å²) in [4.78, 5) is 11.9. The van der Waals surface area contributed by atoms with Crippen molar-refractivity contribution in [2.24, 2.45) is 0 Å². The number of benzene rings is 1. The largest absolute Gasteiger partial charge is 0.338 e.